The number of benzene rings is 1. The van der Waals surface area contributed by atoms with Crippen molar-refractivity contribution >= 4 is 18.4 Å². The van der Waals surface area contributed by atoms with E-state index in [0.717, 1.165) is 5.56 Å². The Labute approximate surface area is 128 Å². The molecule has 2 aromatic rings. The average Bonchev–Trinajstić information content (AvgIpc) is 2.79. The fraction of sp³-hybridized carbons (Fsp3) is 0.308. The van der Waals surface area contributed by atoms with Crippen LogP contribution in [0, 0.1) is 17.0 Å². The second-order valence-electron chi connectivity index (χ2n) is 4.47. The van der Waals surface area contributed by atoms with E-state index in [9.17, 15) is 15.2 Å². The van der Waals surface area contributed by atoms with Crippen LogP contribution in [0.2, 0.25) is 0 Å². The molecule has 8 heteroatoms. The molecule has 0 aliphatic carbocycles. The molecule has 0 radical (unpaired) electrons. The van der Waals surface area contributed by atoms with Gasteiger partial charge in [-0.05, 0) is 17.4 Å². The van der Waals surface area contributed by atoms with Gasteiger partial charge in [0.1, 0.15) is 24.7 Å². The van der Waals surface area contributed by atoms with Gasteiger partial charge in [0.25, 0.3) is 0 Å². The summed E-state index contributed by atoms with van der Waals surface area (Å²) >= 11 is 0. The van der Waals surface area contributed by atoms with Crippen LogP contribution in [0.3, 0.4) is 0 Å². The molecule has 114 valence electrons. The quantitative estimate of drug-likeness (QED) is 0.480. The highest BCUT2D eigenvalue weighted by molar-refractivity contribution is 5.85. The van der Waals surface area contributed by atoms with Crippen molar-refractivity contribution in [1.82, 2.24) is 14.9 Å². The van der Waals surface area contributed by atoms with Gasteiger partial charge in [0.15, 0.2) is 0 Å². The van der Waals surface area contributed by atoms with E-state index in [2.05, 4.69) is 10.3 Å². The van der Waals surface area contributed by atoms with E-state index < -0.39 is 11.2 Å². The number of imidazole rings is 1. The lowest BCUT2D eigenvalue weighted by atomic mass is 10.2. The number of nitro groups is 1. The molecule has 0 aliphatic heterocycles. The van der Waals surface area contributed by atoms with Gasteiger partial charge in [-0.25, -0.2) is 4.57 Å². The Bertz CT molecular complexity index is 588. The first kappa shape index (κ1) is 17.1. The van der Waals surface area contributed by atoms with Crippen LogP contribution in [-0.4, -0.2) is 25.8 Å². The molecule has 21 heavy (non-hydrogen) atoms. The SMILES string of the molecule is Cc1cn(CC(O)NCc2ccccc2)c([N+](=O)[O-])n1.Cl. The van der Waals surface area contributed by atoms with Crippen molar-refractivity contribution in [3.8, 4) is 0 Å². The number of aromatic nitrogens is 2. The van der Waals surface area contributed by atoms with Crippen molar-refractivity contribution in [3.05, 3.63) is 57.9 Å². The standard InChI is InChI=1S/C13H16N4O3.ClH/c1-10-8-16(13(15-10)17(19)20)9-12(18)14-7-11-5-3-2-4-6-11;/h2-6,8,12,14,18H,7,9H2,1H3;1H. The molecule has 0 aliphatic rings. The van der Waals surface area contributed by atoms with Crippen LogP contribution in [-0.2, 0) is 13.1 Å². The van der Waals surface area contributed by atoms with Crippen molar-refractivity contribution in [2.24, 2.45) is 0 Å². The summed E-state index contributed by atoms with van der Waals surface area (Å²) in [6.07, 6.45) is 0.661. The van der Waals surface area contributed by atoms with Crippen LogP contribution in [0.25, 0.3) is 0 Å². The Kier molecular flexibility index (Phi) is 6.29. The summed E-state index contributed by atoms with van der Waals surface area (Å²) in [6, 6.07) is 9.60. The number of aliphatic hydroxyl groups is 1. The minimum Gasteiger partial charge on any atom is -0.390 e. The maximum atomic E-state index is 10.8. The molecule has 0 fully saturated rings. The van der Waals surface area contributed by atoms with E-state index in [1.165, 1.54) is 4.57 Å². The van der Waals surface area contributed by atoms with Gasteiger partial charge in [-0.15, -0.1) is 12.4 Å². The first-order valence-corrected chi connectivity index (χ1v) is 6.20. The van der Waals surface area contributed by atoms with Crippen molar-refractivity contribution < 1.29 is 10.0 Å². The Morgan fingerprint density at radius 1 is 1.43 bits per heavy atom. The molecular weight excluding hydrogens is 296 g/mol. The Balaban J connectivity index is 0.00000220. The van der Waals surface area contributed by atoms with Crippen LogP contribution >= 0.6 is 12.4 Å². The highest BCUT2D eigenvalue weighted by Crippen LogP contribution is 2.11. The summed E-state index contributed by atoms with van der Waals surface area (Å²) in [5.41, 5.74) is 1.58. The Hall–Kier alpha value is -1.96. The topological polar surface area (TPSA) is 93.2 Å². The largest absolute Gasteiger partial charge is 0.434 e. The summed E-state index contributed by atoms with van der Waals surface area (Å²) in [7, 11) is 0. The zero-order chi connectivity index (χ0) is 14.5. The predicted molar refractivity (Wildman–Crippen MR) is 80.2 cm³/mol. The first-order chi connectivity index (χ1) is 9.56. The number of hydrogen-bond acceptors (Lipinski definition) is 5. The zero-order valence-electron chi connectivity index (χ0n) is 11.5. The molecule has 1 aromatic carbocycles. The zero-order valence-corrected chi connectivity index (χ0v) is 12.3. The summed E-state index contributed by atoms with van der Waals surface area (Å²) in [6.45, 7) is 2.24. The number of aliphatic hydroxyl groups excluding tert-OH is 1. The lowest BCUT2D eigenvalue weighted by Gasteiger charge is -2.12. The lowest BCUT2D eigenvalue weighted by Crippen LogP contribution is -2.32. The molecule has 2 rings (SSSR count). The van der Waals surface area contributed by atoms with Gasteiger partial charge in [-0.3, -0.25) is 5.32 Å². The van der Waals surface area contributed by atoms with Gasteiger partial charge in [-0.2, -0.15) is 0 Å². The van der Waals surface area contributed by atoms with E-state index in [0.29, 0.717) is 12.2 Å². The monoisotopic (exact) mass is 312 g/mol. The normalized spacial score (nSPS) is 11.7. The number of hydrogen-bond donors (Lipinski definition) is 2. The third-order valence-corrected chi connectivity index (χ3v) is 2.79. The summed E-state index contributed by atoms with van der Waals surface area (Å²) in [5, 5.41) is 23.6. The van der Waals surface area contributed by atoms with Gasteiger partial charge in [0.05, 0.1) is 0 Å². The fourth-order valence-electron chi connectivity index (χ4n) is 1.90. The van der Waals surface area contributed by atoms with Crippen LogP contribution < -0.4 is 5.32 Å². The van der Waals surface area contributed by atoms with Crippen molar-refractivity contribution in [2.45, 2.75) is 26.2 Å². The van der Waals surface area contributed by atoms with Crippen LogP contribution in [0.1, 0.15) is 11.3 Å². The van der Waals surface area contributed by atoms with Gasteiger partial charge >= 0.3 is 5.95 Å². The molecule has 1 aromatic heterocycles. The minimum absolute atomic E-state index is 0. The maximum Gasteiger partial charge on any atom is 0.434 e. The van der Waals surface area contributed by atoms with Crippen LogP contribution in [0.4, 0.5) is 5.95 Å². The van der Waals surface area contributed by atoms with Crippen LogP contribution in [0.5, 0.6) is 0 Å². The maximum absolute atomic E-state index is 10.8. The van der Waals surface area contributed by atoms with E-state index in [-0.39, 0.29) is 24.9 Å². The second-order valence-corrected chi connectivity index (χ2v) is 4.47. The van der Waals surface area contributed by atoms with Gasteiger partial charge in [0, 0.05) is 6.54 Å². The molecule has 1 atom stereocenters. The van der Waals surface area contributed by atoms with E-state index in [4.69, 9.17) is 0 Å². The first-order valence-electron chi connectivity index (χ1n) is 6.20. The summed E-state index contributed by atoms with van der Waals surface area (Å²) in [5.74, 6) is -0.261. The molecule has 0 bridgehead atoms. The van der Waals surface area contributed by atoms with Crippen molar-refractivity contribution in [3.63, 3.8) is 0 Å². The van der Waals surface area contributed by atoms with Gasteiger partial charge in [-0.1, -0.05) is 35.3 Å². The number of rotatable bonds is 6. The highest BCUT2D eigenvalue weighted by Gasteiger charge is 2.19. The van der Waals surface area contributed by atoms with Crippen LogP contribution in [0.15, 0.2) is 36.5 Å². The minimum atomic E-state index is -0.887. The number of aryl methyl sites for hydroxylation is 1. The average molecular weight is 313 g/mol. The predicted octanol–water partition coefficient (Wildman–Crippen LogP) is 1.63. The number of nitrogens with zero attached hydrogens (tertiary/aromatic N) is 3. The molecule has 0 spiro atoms. The molecule has 1 unspecified atom stereocenters. The number of nitrogens with one attached hydrogen (secondary N) is 1. The Morgan fingerprint density at radius 2 is 2.10 bits per heavy atom. The molecule has 1 heterocycles. The molecule has 0 amide bonds. The molecule has 2 N–H and O–H groups in total. The lowest BCUT2D eigenvalue weighted by molar-refractivity contribution is -0.397. The van der Waals surface area contributed by atoms with Gasteiger partial charge in [0.2, 0.25) is 0 Å². The van der Waals surface area contributed by atoms with E-state index in [1.54, 1.807) is 13.1 Å². The van der Waals surface area contributed by atoms with Gasteiger partial charge < -0.3 is 15.2 Å². The highest BCUT2D eigenvalue weighted by atomic mass is 35.5. The fourth-order valence-corrected chi connectivity index (χ4v) is 1.90. The third-order valence-electron chi connectivity index (χ3n) is 2.79. The third kappa shape index (κ3) is 4.82. The summed E-state index contributed by atoms with van der Waals surface area (Å²) in [4.78, 5) is 14.1. The molecule has 0 saturated carbocycles. The molecule has 7 nitrogen and oxygen atoms in total. The number of halogens is 1. The molecular formula is C13H17ClN4O3. The second kappa shape index (κ2) is 7.72. The van der Waals surface area contributed by atoms with E-state index >= 15 is 0 Å². The van der Waals surface area contributed by atoms with Crippen molar-refractivity contribution in [1.29, 1.82) is 0 Å². The van der Waals surface area contributed by atoms with Crippen molar-refractivity contribution in [2.75, 3.05) is 0 Å². The summed E-state index contributed by atoms with van der Waals surface area (Å²) < 4.78 is 1.33. The Morgan fingerprint density at radius 3 is 2.71 bits per heavy atom. The van der Waals surface area contributed by atoms with E-state index in [1.807, 2.05) is 30.3 Å². The smallest absolute Gasteiger partial charge is 0.390 e. The molecule has 0 saturated heterocycles.